The van der Waals surface area contributed by atoms with E-state index in [-0.39, 0.29) is 0 Å². The lowest BCUT2D eigenvalue weighted by Crippen LogP contribution is -2.16. The first-order valence-electron chi connectivity index (χ1n) is 6.38. The summed E-state index contributed by atoms with van der Waals surface area (Å²) >= 11 is 1.95. The average molecular weight is 259 g/mol. The number of thioether (sulfide) groups is 1. The smallest absolute Gasteiger partial charge is 0.148 e. The maximum atomic E-state index is 4.49. The van der Waals surface area contributed by atoms with Crippen LogP contribution in [0.25, 0.3) is 0 Å². The van der Waals surface area contributed by atoms with Crippen LogP contribution in [0.5, 0.6) is 0 Å². The molecule has 1 aliphatic heterocycles. The molecule has 2 aromatic rings. The van der Waals surface area contributed by atoms with Gasteiger partial charge in [-0.2, -0.15) is 5.10 Å². The number of aromatic nitrogens is 2. The van der Waals surface area contributed by atoms with Gasteiger partial charge in [-0.1, -0.05) is 18.2 Å². The van der Waals surface area contributed by atoms with Crippen LogP contribution in [0.1, 0.15) is 24.9 Å². The number of aryl methyl sites for hydroxylation is 1. The van der Waals surface area contributed by atoms with Gasteiger partial charge in [0.1, 0.15) is 5.82 Å². The molecule has 0 saturated heterocycles. The first-order valence-corrected chi connectivity index (χ1v) is 7.37. The Labute approximate surface area is 112 Å². The van der Waals surface area contributed by atoms with Crippen LogP contribution < -0.4 is 5.32 Å². The van der Waals surface area contributed by atoms with E-state index in [9.17, 15) is 0 Å². The van der Waals surface area contributed by atoms with Crippen LogP contribution in [-0.4, -0.2) is 15.5 Å². The van der Waals surface area contributed by atoms with Crippen molar-refractivity contribution in [3.05, 3.63) is 42.1 Å². The van der Waals surface area contributed by atoms with Gasteiger partial charge in [0.2, 0.25) is 0 Å². The molecule has 0 amide bonds. The van der Waals surface area contributed by atoms with E-state index < -0.39 is 0 Å². The van der Waals surface area contributed by atoms with E-state index in [1.54, 1.807) is 0 Å². The van der Waals surface area contributed by atoms with Crippen molar-refractivity contribution < 1.29 is 0 Å². The number of anilines is 1. The number of nitrogens with one attached hydrogen (secondary N) is 1. The zero-order chi connectivity index (χ0) is 12.4. The van der Waals surface area contributed by atoms with Gasteiger partial charge in [0.25, 0.3) is 0 Å². The third-order valence-electron chi connectivity index (χ3n) is 3.25. The summed E-state index contributed by atoms with van der Waals surface area (Å²) in [5.41, 5.74) is 1.40. The lowest BCUT2D eigenvalue weighted by atomic mass is 10.0. The van der Waals surface area contributed by atoms with Gasteiger partial charge < -0.3 is 5.32 Å². The van der Waals surface area contributed by atoms with Crippen LogP contribution >= 0.6 is 11.8 Å². The highest BCUT2D eigenvalue weighted by Gasteiger charge is 2.20. The zero-order valence-corrected chi connectivity index (χ0v) is 11.3. The van der Waals surface area contributed by atoms with Crippen LogP contribution in [0.3, 0.4) is 0 Å². The van der Waals surface area contributed by atoms with E-state index in [2.05, 4.69) is 41.6 Å². The topological polar surface area (TPSA) is 29.9 Å². The van der Waals surface area contributed by atoms with Crippen LogP contribution in [0, 0.1) is 0 Å². The van der Waals surface area contributed by atoms with E-state index in [1.807, 2.05) is 28.7 Å². The lowest BCUT2D eigenvalue weighted by molar-refractivity contribution is 0.653. The monoisotopic (exact) mass is 259 g/mol. The SMILES string of the molecule is CCn1ccc(NC2CCSc3ccccc32)n1. The second-order valence-electron chi connectivity index (χ2n) is 4.43. The van der Waals surface area contributed by atoms with E-state index in [4.69, 9.17) is 0 Å². The highest BCUT2D eigenvalue weighted by Crippen LogP contribution is 2.37. The largest absolute Gasteiger partial charge is 0.362 e. The summed E-state index contributed by atoms with van der Waals surface area (Å²) in [5, 5.41) is 8.04. The third kappa shape index (κ3) is 2.25. The van der Waals surface area contributed by atoms with E-state index >= 15 is 0 Å². The molecule has 1 N–H and O–H groups in total. The molecule has 0 radical (unpaired) electrons. The second kappa shape index (κ2) is 5.06. The number of nitrogens with zero attached hydrogens (tertiary/aromatic N) is 2. The normalized spacial score (nSPS) is 18.4. The molecule has 1 unspecified atom stereocenters. The maximum Gasteiger partial charge on any atom is 0.148 e. The van der Waals surface area contributed by atoms with E-state index in [0.717, 1.165) is 18.8 Å². The maximum absolute atomic E-state index is 4.49. The van der Waals surface area contributed by atoms with Crippen LogP contribution in [-0.2, 0) is 6.54 Å². The molecule has 18 heavy (non-hydrogen) atoms. The predicted molar refractivity (Wildman–Crippen MR) is 76.0 cm³/mol. The summed E-state index contributed by atoms with van der Waals surface area (Å²) < 4.78 is 1.95. The summed E-state index contributed by atoms with van der Waals surface area (Å²) in [5.74, 6) is 2.15. The molecule has 0 aliphatic carbocycles. The van der Waals surface area contributed by atoms with Crippen molar-refractivity contribution in [3.8, 4) is 0 Å². The van der Waals surface area contributed by atoms with E-state index in [0.29, 0.717) is 6.04 Å². The number of benzene rings is 1. The fourth-order valence-corrected chi connectivity index (χ4v) is 3.41. The van der Waals surface area contributed by atoms with Crippen molar-refractivity contribution in [3.63, 3.8) is 0 Å². The van der Waals surface area contributed by atoms with Crippen molar-refractivity contribution in [2.45, 2.75) is 30.8 Å². The fourth-order valence-electron chi connectivity index (χ4n) is 2.29. The number of fused-ring (bicyclic) bond motifs is 1. The molecule has 3 nitrogen and oxygen atoms in total. The Morgan fingerprint density at radius 3 is 3.11 bits per heavy atom. The summed E-state index contributed by atoms with van der Waals surface area (Å²) in [6, 6.07) is 11.1. The summed E-state index contributed by atoms with van der Waals surface area (Å²) in [6.07, 6.45) is 3.17. The molecule has 0 fully saturated rings. The Hall–Kier alpha value is -1.42. The molecule has 1 aromatic heterocycles. The Morgan fingerprint density at radius 2 is 2.28 bits per heavy atom. The molecule has 1 aliphatic rings. The second-order valence-corrected chi connectivity index (χ2v) is 5.57. The minimum atomic E-state index is 0.391. The van der Waals surface area contributed by atoms with Crippen molar-refractivity contribution >= 4 is 17.6 Å². The summed E-state index contributed by atoms with van der Waals surface area (Å²) in [6.45, 7) is 3.02. The molecule has 0 saturated carbocycles. The predicted octanol–water partition coefficient (Wildman–Crippen LogP) is 3.55. The van der Waals surface area contributed by atoms with Gasteiger partial charge in [-0.3, -0.25) is 4.68 Å². The van der Waals surface area contributed by atoms with Gasteiger partial charge in [0.05, 0.1) is 6.04 Å². The van der Waals surface area contributed by atoms with E-state index in [1.165, 1.54) is 16.2 Å². The van der Waals surface area contributed by atoms with Crippen LogP contribution in [0.15, 0.2) is 41.4 Å². The molecule has 0 bridgehead atoms. The molecular weight excluding hydrogens is 242 g/mol. The van der Waals surface area contributed by atoms with Gasteiger partial charge in [-0.05, 0) is 25.0 Å². The molecule has 3 rings (SSSR count). The molecule has 4 heteroatoms. The number of rotatable bonds is 3. The van der Waals surface area contributed by atoms with Crippen LogP contribution in [0.4, 0.5) is 5.82 Å². The first kappa shape index (κ1) is 11.7. The fraction of sp³-hybridized carbons (Fsp3) is 0.357. The Balaban J connectivity index is 1.81. The minimum Gasteiger partial charge on any atom is -0.362 e. The molecule has 1 atom stereocenters. The van der Waals surface area contributed by atoms with Gasteiger partial charge in [-0.25, -0.2) is 0 Å². The molecule has 94 valence electrons. The Kier molecular flexibility index (Phi) is 3.28. The average Bonchev–Trinajstić information content (AvgIpc) is 2.87. The Morgan fingerprint density at radius 1 is 1.39 bits per heavy atom. The van der Waals surface area contributed by atoms with Crippen molar-refractivity contribution in [2.24, 2.45) is 0 Å². The lowest BCUT2D eigenvalue weighted by Gasteiger charge is -2.25. The van der Waals surface area contributed by atoms with Gasteiger partial charge in [0, 0.05) is 29.5 Å². The molecular formula is C14H17N3S. The van der Waals surface area contributed by atoms with Crippen molar-refractivity contribution in [1.82, 2.24) is 9.78 Å². The van der Waals surface area contributed by atoms with Crippen LogP contribution in [0.2, 0.25) is 0 Å². The highest BCUT2D eigenvalue weighted by molar-refractivity contribution is 7.99. The minimum absolute atomic E-state index is 0.391. The molecule has 1 aromatic carbocycles. The van der Waals surface area contributed by atoms with Gasteiger partial charge >= 0.3 is 0 Å². The van der Waals surface area contributed by atoms with Crippen molar-refractivity contribution in [1.29, 1.82) is 0 Å². The Bertz CT molecular complexity index is 535. The molecule has 0 spiro atoms. The first-order chi connectivity index (χ1) is 8.86. The number of hydrogen-bond donors (Lipinski definition) is 1. The number of hydrogen-bond acceptors (Lipinski definition) is 3. The quantitative estimate of drug-likeness (QED) is 0.914. The summed E-state index contributed by atoms with van der Waals surface area (Å²) in [7, 11) is 0. The standard InChI is InChI=1S/C14H17N3S/c1-2-17-9-7-14(16-17)15-12-8-10-18-13-6-4-3-5-11(12)13/h3-7,9,12H,2,8,10H2,1H3,(H,15,16). The van der Waals surface area contributed by atoms with Gasteiger partial charge in [0.15, 0.2) is 0 Å². The van der Waals surface area contributed by atoms with Crippen molar-refractivity contribution in [2.75, 3.05) is 11.1 Å². The summed E-state index contributed by atoms with van der Waals surface area (Å²) in [4.78, 5) is 1.40. The third-order valence-corrected chi connectivity index (χ3v) is 4.37. The molecule has 2 heterocycles. The zero-order valence-electron chi connectivity index (χ0n) is 10.5. The van der Waals surface area contributed by atoms with Gasteiger partial charge in [-0.15, -0.1) is 11.8 Å². The highest BCUT2D eigenvalue weighted by atomic mass is 32.2.